The number of nitrogens with one attached hydrogen (secondary N) is 1. The summed E-state index contributed by atoms with van der Waals surface area (Å²) < 4.78 is 5.57. The number of urea groups is 1. The summed E-state index contributed by atoms with van der Waals surface area (Å²) in [6.07, 6.45) is 4.49. The van der Waals surface area contributed by atoms with Gasteiger partial charge in [0.15, 0.2) is 0 Å². The normalized spacial score (nSPS) is 19.4. The van der Waals surface area contributed by atoms with Crippen LogP contribution in [0.1, 0.15) is 30.0 Å². The third-order valence-corrected chi connectivity index (χ3v) is 5.54. The lowest BCUT2D eigenvalue weighted by Gasteiger charge is -2.38. The number of ether oxygens (including phenoxy) is 1. The van der Waals surface area contributed by atoms with Gasteiger partial charge in [0.25, 0.3) is 0 Å². The molecule has 1 spiro atoms. The minimum absolute atomic E-state index is 0.113. The van der Waals surface area contributed by atoms with Crippen LogP contribution in [0.4, 0.5) is 9.59 Å². The number of aromatic nitrogens is 1. The summed E-state index contributed by atoms with van der Waals surface area (Å²) in [5.41, 5.74) is 1.54. The van der Waals surface area contributed by atoms with E-state index in [9.17, 15) is 9.59 Å². The van der Waals surface area contributed by atoms with Crippen LogP contribution >= 0.6 is 0 Å². The predicted molar refractivity (Wildman–Crippen MR) is 104 cm³/mol. The van der Waals surface area contributed by atoms with Gasteiger partial charge in [0, 0.05) is 45.4 Å². The fourth-order valence-electron chi connectivity index (χ4n) is 3.94. The Balaban J connectivity index is 1.45. The molecule has 3 heterocycles. The van der Waals surface area contributed by atoms with E-state index in [0.29, 0.717) is 32.5 Å². The molecule has 2 fully saturated rings. The zero-order valence-electron chi connectivity index (χ0n) is 15.9. The van der Waals surface area contributed by atoms with Crippen molar-refractivity contribution in [1.82, 2.24) is 20.1 Å². The quantitative estimate of drug-likeness (QED) is 0.889. The maximum absolute atomic E-state index is 13.0. The second-order valence-electron chi connectivity index (χ2n) is 7.47. The monoisotopic (exact) mass is 380 g/mol. The zero-order valence-corrected chi connectivity index (χ0v) is 15.9. The molecule has 1 aromatic carbocycles. The van der Waals surface area contributed by atoms with Gasteiger partial charge in [-0.15, -0.1) is 0 Å². The number of hydrogen-bond acceptors (Lipinski definition) is 4. The number of rotatable bonds is 3. The van der Waals surface area contributed by atoms with Crippen molar-refractivity contribution in [3.05, 3.63) is 66.0 Å². The molecule has 7 heteroatoms. The lowest BCUT2D eigenvalue weighted by molar-refractivity contribution is 0.00951. The van der Waals surface area contributed by atoms with E-state index in [4.69, 9.17) is 4.74 Å². The second-order valence-corrected chi connectivity index (χ2v) is 7.47. The Kier molecular flexibility index (Phi) is 4.90. The Hall–Kier alpha value is -3.09. The highest BCUT2D eigenvalue weighted by atomic mass is 16.6. The van der Waals surface area contributed by atoms with Gasteiger partial charge in [0.05, 0.1) is 12.6 Å². The summed E-state index contributed by atoms with van der Waals surface area (Å²) in [4.78, 5) is 32.2. The van der Waals surface area contributed by atoms with Crippen molar-refractivity contribution in [3.8, 4) is 0 Å². The molecule has 1 unspecified atom stereocenters. The highest BCUT2D eigenvalue weighted by Gasteiger charge is 2.46. The average molecular weight is 380 g/mol. The molecule has 2 saturated heterocycles. The molecule has 0 aliphatic carbocycles. The molecule has 2 aliphatic heterocycles. The summed E-state index contributed by atoms with van der Waals surface area (Å²) >= 11 is 0. The molecule has 146 valence electrons. The molecule has 4 rings (SSSR count). The van der Waals surface area contributed by atoms with E-state index in [1.165, 1.54) is 0 Å². The van der Waals surface area contributed by atoms with E-state index in [0.717, 1.165) is 11.1 Å². The maximum atomic E-state index is 13.0. The fourth-order valence-corrected chi connectivity index (χ4v) is 3.94. The molecule has 0 radical (unpaired) electrons. The largest absolute Gasteiger partial charge is 0.441 e. The Morgan fingerprint density at radius 3 is 2.36 bits per heavy atom. The number of likely N-dealkylation sites (N-methyl/N-ethyl adjacent to an activating group) is 1. The zero-order chi connectivity index (χ0) is 19.6. The summed E-state index contributed by atoms with van der Waals surface area (Å²) in [5, 5.41) is 3.16. The van der Waals surface area contributed by atoms with Gasteiger partial charge in [-0.2, -0.15) is 0 Å². The van der Waals surface area contributed by atoms with Crippen molar-refractivity contribution in [1.29, 1.82) is 0 Å². The fraction of sp³-hybridized carbons (Fsp3) is 0.381. The van der Waals surface area contributed by atoms with Crippen LogP contribution in [-0.4, -0.2) is 59.2 Å². The molecule has 2 aromatic rings. The van der Waals surface area contributed by atoms with Crippen molar-refractivity contribution >= 4 is 12.1 Å². The van der Waals surface area contributed by atoms with Gasteiger partial charge in [-0.3, -0.25) is 4.98 Å². The lowest BCUT2D eigenvalue weighted by atomic mass is 9.91. The van der Waals surface area contributed by atoms with Crippen molar-refractivity contribution in [3.63, 3.8) is 0 Å². The van der Waals surface area contributed by atoms with Gasteiger partial charge in [-0.1, -0.05) is 30.3 Å². The Morgan fingerprint density at radius 2 is 1.75 bits per heavy atom. The van der Waals surface area contributed by atoms with Gasteiger partial charge in [-0.25, -0.2) is 9.59 Å². The van der Waals surface area contributed by atoms with Crippen LogP contribution in [0.3, 0.4) is 0 Å². The third-order valence-electron chi connectivity index (χ3n) is 5.54. The van der Waals surface area contributed by atoms with Crippen LogP contribution in [0.25, 0.3) is 0 Å². The third kappa shape index (κ3) is 3.65. The van der Waals surface area contributed by atoms with Crippen molar-refractivity contribution < 1.29 is 14.3 Å². The molecule has 2 aliphatic rings. The molecule has 7 nitrogen and oxygen atoms in total. The number of nitrogens with zero attached hydrogens (tertiary/aromatic N) is 3. The minimum Gasteiger partial charge on any atom is -0.441 e. The van der Waals surface area contributed by atoms with Gasteiger partial charge in [0.1, 0.15) is 5.60 Å². The molecule has 0 bridgehead atoms. The van der Waals surface area contributed by atoms with Crippen LogP contribution in [-0.2, 0) is 4.74 Å². The minimum atomic E-state index is -0.452. The smallest absolute Gasteiger partial charge is 0.410 e. The number of amides is 3. The maximum Gasteiger partial charge on any atom is 0.410 e. The molecule has 0 saturated carbocycles. The van der Waals surface area contributed by atoms with Gasteiger partial charge in [-0.05, 0) is 23.3 Å². The van der Waals surface area contributed by atoms with Crippen LogP contribution in [0.2, 0.25) is 0 Å². The van der Waals surface area contributed by atoms with Gasteiger partial charge < -0.3 is 19.9 Å². The molecular formula is C21H24N4O3. The number of carbonyl (C=O) groups excluding carboxylic acids is 2. The Morgan fingerprint density at radius 1 is 1.11 bits per heavy atom. The van der Waals surface area contributed by atoms with Crippen LogP contribution < -0.4 is 5.32 Å². The van der Waals surface area contributed by atoms with E-state index < -0.39 is 5.60 Å². The van der Waals surface area contributed by atoms with E-state index >= 15 is 0 Å². The van der Waals surface area contributed by atoms with Crippen molar-refractivity contribution in [2.24, 2.45) is 0 Å². The second kappa shape index (κ2) is 7.50. The number of piperidine rings is 1. The van der Waals surface area contributed by atoms with E-state index in [1.807, 2.05) is 42.5 Å². The molecule has 1 aromatic heterocycles. The first kappa shape index (κ1) is 18.3. The van der Waals surface area contributed by atoms with E-state index in [2.05, 4.69) is 10.3 Å². The Bertz CT molecular complexity index is 796. The first-order valence-corrected chi connectivity index (χ1v) is 9.51. The first-order valence-electron chi connectivity index (χ1n) is 9.51. The summed E-state index contributed by atoms with van der Waals surface area (Å²) in [5.74, 6) is 0. The summed E-state index contributed by atoms with van der Waals surface area (Å²) in [6, 6.07) is 13.4. The number of likely N-dealkylation sites (tertiary alicyclic amines) is 1. The van der Waals surface area contributed by atoms with Gasteiger partial charge in [0.2, 0.25) is 0 Å². The first-order chi connectivity index (χ1) is 13.6. The molecule has 1 atom stereocenters. The highest BCUT2D eigenvalue weighted by molar-refractivity contribution is 5.76. The Labute approximate surface area is 164 Å². The molecular weight excluding hydrogens is 356 g/mol. The topological polar surface area (TPSA) is 74.8 Å². The predicted octanol–water partition coefficient (Wildman–Crippen LogP) is 2.80. The summed E-state index contributed by atoms with van der Waals surface area (Å²) in [7, 11) is 1.75. The van der Waals surface area contributed by atoms with E-state index in [1.54, 1.807) is 29.2 Å². The van der Waals surface area contributed by atoms with Crippen LogP contribution in [0.15, 0.2) is 54.9 Å². The number of pyridine rings is 1. The number of hydrogen-bond donors (Lipinski definition) is 1. The highest BCUT2D eigenvalue weighted by Crippen LogP contribution is 2.32. The van der Waals surface area contributed by atoms with Crippen LogP contribution in [0, 0.1) is 0 Å². The molecule has 28 heavy (non-hydrogen) atoms. The lowest BCUT2D eigenvalue weighted by Crippen LogP contribution is -2.51. The molecule has 3 amide bonds. The average Bonchev–Trinajstić information content (AvgIpc) is 3.00. The SMILES string of the molecule is CN1CC2(CCN(C(=O)NC(c3ccccc3)c3ccncc3)CC2)OC1=O. The molecule has 1 N–H and O–H groups in total. The van der Waals surface area contributed by atoms with Crippen molar-refractivity contribution in [2.45, 2.75) is 24.5 Å². The standard InChI is InChI=1S/C21H24N4O3/c1-24-15-21(28-20(24)27)9-13-25(14-10-21)19(26)23-18(16-5-3-2-4-6-16)17-7-11-22-12-8-17/h2-8,11-12,18H,9-10,13-15H2,1H3,(H,23,26). The van der Waals surface area contributed by atoms with Gasteiger partial charge >= 0.3 is 12.1 Å². The number of benzene rings is 1. The van der Waals surface area contributed by atoms with Crippen molar-refractivity contribution in [2.75, 3.05) is 26.7 Å². The van der Waals surface area contributed by atoms with E-state index in [-0.39, 0.29) is 18.2 Å². The summed E-state index contributed by atoms with van der Waals surface area (Å²) in [6.45, 7) is 1.71. The van der Waals surface area contributed by atoms with Crippen LogP contribution in [0.5, 0.6) is 0 Å². The number of carbonyl (C=O) groups is 2.